The maximum atomic E-state index is 13.8. The van der Waals surface area contributed by atoms with Crippen molar-refractivity contribution in [2.45, 2.75) is 46.0 Å². The van der Waals surface area contributed by atoms with E-state index in [2.05, 4.69) is 15.5 Å². The van der Waals surface area contributed by atoms with Crippen LogP contribution in [0.15, 0.2) is 50.4 Å². The van der Waals surface area contributed by atoms with Crippen molar-refractivity contribution in [1.82, 2.24) is 15.5 Å². The van der Waals surface area contributed by atoms with Crippen LogP contribution in [-0.2, 0) is 21.4 Å². The van der Waals surface area contributed by atoms with Crippen LogP contribution in [0.2, 0.25) is 0 Å². The van der Waals surface area contributed by atoms with Gasteiger partial charge in [-0.2, -0.15) is 4.98 Å². The lowest BCUT2D eigenvalue weighted by Crippen LogP contribution is -2.41. The number of phenols is 2. The standard InChI is InChI=1S/C27H25N3O8/c1-12-22(33)20(14(3)31)24-21(23(12)34)27(4)17(37-24)11-15(32)19(25(27)35)13(2)28-9-5-8-18-29-26(30-38-18)16-7-6-10-36-16/h6-7,10-11,28,33-34H,5,8-9H2,1-4H3/t27-/m0/s1. The fraction of sp³-hybridized carbons (Fsp3) is 0.296. The highest BCUT2D eigenvalue weighted by atomic mass is 16.5. The molecule has 2 aliphatic rings. The van der Waals surface area contributed by atoms with Gasteiger partial charge in [0, 0.05) is 30.3 Å². The molecule has 3 N–H and O–H groups in total. The smallest absolute Gasteiger partial charge is 0.238 e. The summed E-state index contributed by atoms with van der Waals surface area (Å²) in [5.41, 5.74) is -1.34. The molecule has 0 fully saturated rings. The van der Waals surface area contributed by atoms with Gasteiger partial charge in [-0.25, -0.2) is 0 Å². The molecule has 1 aliphatic heterocycles. The first-order valence-electron chi connectivity index (χ1n) is 12.0. The van der Waals surface area contributed by atoms with Crippen LogP contribution >= 0.6 is 0 Å². The topological polar surface area (TPSA) is 165 Å². The third-order valence-electron chi connectivity index (χ3n) is 6.93. The Morgan fingerprint density at radius 3 is 2.63 bits per heavy atom. The maximum absolute atomic E-state index is 13.8. The molecule has 0 saturated carbocycles. The lowest BCUT2D eigenvalue weighted by atomic mass is 9.70. The molecule has 0 amide bonds. The predicted molar refractivity (Wildman–Crippen MR) is 132 cm³/mol. The van der Waals surface area contributed by atoms with E-state index in [9.17, 15) is 24.6 Å². The fourth-order valence-electron chi connectivity index (χ4n) is 4.83. The number of benzene rings is 1. The fourth-order valence-corrected chi connectivity index (χ4v) is 4.83. The first-order valence-corrected chi connectivity index (χ1v) is 12.0. The van der Waals surface area contributed by atoms with E-state index in [0.717, 1.165) is 0 Å². The molecule has 0 radical (unpaired) electrons. The molecular weight excluding hydrogens is 494 g/mol. The van der Waals surface area contributed by atoms with Gasteiger partial charge in [0.25, 0.3) is 0 Å². The van der Waals surface area contributed by atoms with Crippen molar-refractivity contribution < 1.29 is 38.3 Å². The molecule has 1 aliphatic carbocycles. The lowest BCUT2D eigenvalue weighted by Gasteiger charge is -2.29. The van der Waals surface area contributed by atoms with Crippen molar-refractivity contribution in [3.8, 4) is 28.8 Å². The van der Waals surface area contributed by atoms with Crippen molar-refractivity contribution in [2.24, 2.45) is 0 Å². The number of hydrogen-bond donors (Lipinski definition) is 3. The van der Waals surface area contributed by atoms with Gasteiger partial charge in [-0.3, -0.25) is 14.4 Å². The Morgan fingerprint density at radius 1 is 1.18 bits per heavy atom. The molecule has 0 bridgehead atoms. The highest BCUT2D eigenvalue weighted by Crippen LogP contribution is 2.57. The summed E-state index contributed by atoms with van der Waals surface area (Å²) in [4.78, 5) is 43.4. The number of ketones is 3. The molecule has 196 valence electrons. The Bertz CT molecular complexity index is 1560. The van der Waals surface area contributed by atoms with Gasteiger partial charge in [-0.15, -0.1) is 0 Å². The van der Waals surface area contributed by atoms with E-state index in [-0.39, 0.29) is 39.5 Å². The third kappa shape index (κ3) is 3.69. The normalized spacial score (nSPS) is 19.5. The van der Waals surface area contributed by atoms with Crippen molar-refractivity contribution >= 4 is 17.3 Å². The third-order valence-corrected chi connectivity index (χ3v) is 6.93. The number of Topliss-reactive ketones (excluding diaryl/α,β-unsaturated/α-hetero) is 2. The monoisotopic (exact) mass is 519 g/mol. The number of ether oxygens (including phenoxy) is 1. The van der Waals surface area contributed by atoms with Gasteiger partial charge in [-0.1, -0.05) is 5.16 Å². The summed E-state index contributed by atoms with van der Waals surface area (Å²) >= 11 is 0. The molecule has 1 atom stereocenters. The highest BCUT2D eigenvalue weighted by Gasteiger charge is 2.56. The molecule has 3 heterocycles. The second-order valence-electron chi connectivity index (χ2n) is 9.41. The zero-order valence-corrected chi connectivity index (χ0v) is 21.2. The molecule has 0 spiro atoms. The summed E-state index contributed by atoms with van der Waals surface area (Å²) in [6.07, 6.45) is 3.73. The summed E-state index contributed by atoms with van der Waals surface area (Å²) in [6.45, 7) is 6.23. The summed E-state index contributed by atoms with van der Waals surface area (Å²) < 4.78 is 16.3. The number of allylic oxidation sites excluding steroid dienone is 4. The Hall–Kier alpha value is -4.67. The maximum Gasteiger partial charge on any atom is 0.238 e. The van der Waals surface area contributed by atoms with E-state index in [1.807, 2.05) is 0 Å². The largest absolute Gasteiger partial charge is 0.507 e. The Labute approximate surface area is 216 Å². The van der Waals surface area contributed by atoms with Crippen molar-refractivity contribution in [1.29, 1.82) is 0 Å². The molecule has 0 saturated heterocycles. The number of aromatic nitrogens is 2. The number of nitrogens with zero attached hydrogens (tertiary/aromatic N) is 2. The number of fused-ring (bicyclic) bond motifs is 3. The Kier molecular flexibility index (Phi) is 5.93. The zero-order valence-electron chi connectivity index (χ0n) is 21.2. The average molecular weight is 520 g/mol. The zero-order chi connectivity index (χ0) is 27.4. The second kappa shape index (κ2) is 9.02. The number of nitrogens with one attached hydrogen (secondary N) is 1. The minimum absolute atomic E-state index is 0.00870. The highest BCUT2D eigenvalue weighted by molar-refractivity contribution is 6.31. The number of aromatic hydroxyl groups is 2. The van der Waals surface area contributed by atoms with Crippen LogP contribution < -0.4 is 10.1 Å². The Morgan fingerprint density at radius 2 is 1.95 bits per heavy atom. The molecule has 5 rings (SSSR count). The first kappa shape index (κ1) is 25.0. The number of rotatable bonds is 7. The van der Waals surface area contributed by atoms with Gasteiger partial charge in [0.05, 0.1) is 17.4 Å². The van der Waals surface area contributed by atoms with Crippen LogP contribution in [0.1, 0.15) is 54.6 Å². The minimum Gasteiger partial charge on any atom is -0.507 e. The van der Waals surface area contributed by atoms with Crippen LogP contribution in [-0.4, -0.2) is 44.2 Å². The summed E-state index contributed by atoms with van der Waals surface area (Å²) in [5.74, 6) is -1.31. The summed E-state index contributed by atoms with van der Waals surface area (Å²) in [6, 6.07) is 3.45. The van der Waals surface area contributed by atoms with Crippen LogP contribution in [0.3, 0.4) is 0 Å². The summed E-state index contributed by atoms with van der Waals surface area (Å²) in [7, 11) is 0. The number of phenolic OH excluding ortho intramolecular Hbond substituents is 2. The van der Waals surface area contributed by atoms with E-state index < -0.39 is 28.5 Å². The van der Waals surface area contributed by atoms with Crippen LogP contribution in [0.4, 0.5) is 0 Å². The molecule has 2 aromatic heterocycles. The van der Waals surface area contributed by atoms with E-state index in [1.165, 1.54) is 33.1 Å². The summed E-state index contributed by atoms with van der Waals surface area (Å²) in [5, 5.41) is 28.3. The van der Waals surface area contributed by atoms with Gasteiger partial charge in [0.15, 0.2) is 23.1 Å². The number of carbonyl (C=O) groups excluding carboxylic acids is 3. The number of carbonyl (C=O) groups is 3. The number of furan rings is 1. The molecule has 11 nitrogen and oxygen atoms in total. The molecule has 3 aromatic rings. The Balaban J connectivity index is 1.38. The number of hydrogen-bond acceptors (Lipinski definition) is 11. The number of aryl methyl sites for hydroxylation is 1. The average Bonchev–Trinajstić information content (AvgIpc) is 3.60. The van der Waals surface area contributed by atoms with Crippen molar-refractivity contribution in [3.05, 3.63) is 64.1 Å². The lowest BCUT2D eigenvalue weighted by molar-refractivity contribution is -0.123. The first-order chi connectivity index (χ1) is 18.1. The molecular formula is C27H25N3O8. The van der Waals surface area contributed by atoms with Gasteiger partial charge in [-0.05, 0) is 46.2 Å². The SMILES string of the molecule is CC(=O)c1c(O)c(C)c(O)c2c1OC1=CC(=O)C(=C(C)NCCCc3nc(-c4ccco4)no3)C(=O)[C@@]12C. The van der Waals surface area contributed by atoms with Gasteiger partial charge >= 0.3 is 0 Å². The molecule has 1 aromatic carbocycles. The molecule has 0 unspecified atom stereocenters. The van der Waals surface area contributed by atoms with E-state index in [0.29, 0.717) is 42.6 Å². The quantitative estimate of drug-likeness (QED) is 0.181. The molecule has 38 heavy (non-hydrogen) atoms. The van der Waals surface area contributed by atoms with Gasteiger partial charge in [0.1, 0.15) is 34.0 Å². The second-order valence-corrected chi connectivity index (χ2v) is 9.41. The van der Waals surface area contributed by atoms with Crippen LogP contribution in [0.5, 0.6) is 17.2 Å². The van der Waals surface area contributed by atoms with Crippen molar-refractivity contribution in [3.63, 3.8) is 0 Å². The predicted octanol–water partition coefficient (Wildman–Crippen LogP) is 3.43. The van der Waals surface area contributed by atoms with E-state index >= 15 is 0 Å². The van der Waals surface area contributed by atoms with E-state index in [4.69, 9.17) is 13.7 Å². The van der Waals surface area contributed by atoms with Crippen LogP contribution in [0, 0.1) is 6.92 Å². The molecule has 11 heteroatoms. The van der Waals surface area contributed by atoms with Crippen LogP contribution in [0.25, 0.3) is 11.6 Å². The van der Waals surface area contributed by atoms with Gasteiger partial charge < -0.3 is 29.2 Å². The van der Waals surface area contributed by atoms with Gasteiger partial charge in [0.2, 0.25) is 11.7 Å². The minimum atomic E-state index is -1.56. The van der Waals surface area contributed by atoms with Crippen molar-refractivity contribution in [2.75, 3.05) is 6.54 Å². The van der Waals surface area contributed by atoms with E-state index in [1.54, 1.807) is 19.1 Å².